The quantitative estimate of drug-likeness (QED) is 0.851. The van der Waals surface area contributed by atoms with E-state index in [0.717, 1.165) is 12.0 Å². The highest BCUT2D eigenvalue weighted by atomic mass is 35.5. The SMILES string of the molecule is CCCC(N)C(=O)NCc1ccc(F)cc1.Cl. The summed E-state index contributed by atoms with van der Waals surface area (Å²) in [5.74, 6) is -0.441. The molecule has 3 N–H and O–H groups in total. The molecule has 1 aromatic carbocycles. The van der Waals surface area contributed by atoms with E-state index < -0.39 is 6.04 Å². The Labute approximate surface area is 107 Å². The fraction of sp³-hybridized carbons (Fsp3) is 0.417. The number of hydrogen-bond donors (Lipinski definition) is 2. The molecule has 17 heavy (non-hydrogen) atoms. The highest BCUT2D eigenvalue weighted by Gasteiger charge is 2.11. The lowest BCUT2D eigenvalue weighted by molar-refractivity contribution is -0.122. The molecule has 0 heterocycles. The van der Waals surface area contributed by atoms with Crippen LogP contribution in [0.4, 0.5) is 4.39 Å². The van der Waals surface area contributed by atoms with Crippen molar-refractivity contribution in [2.75, 3.05) is 0 Å². The first-order chi connectivity index (χ1) is 7.63. The van der Waals surface area contributed by atoms with E-state index in [1.807, 2.05) is 6.92 Å². The van der Waals surface area contributed by atoms with E-state index in [9.17, 15) is 9.18 Å². The van der Waals surface area contributed by atoms with Gasteiger partial charge in [0.25, 0.3) is 0 Å². The van der Waals surface area contributed by atoms with E-state index in [0.29, 0.717) is 13.0 Å². The Hall–Kier alpha value is -1.13. The van der Waals surface area contributed by atoms with Crippen molar-refractivity contribution in [3.63, 3.8) is 0 Å². The number of hydrogen-bond acceptors (Lipinski definition) is 2. The summed E-state index contributed by atoms with van der Waals surface area (Å²) in [6.07, 6.45) is 1.56. The number of halogens is 2. The fourth-order valence-electron chi connectivity index (χ4n) is 1.36. The van der Waals surface area contributed by atoms with Crippen LogP contribution in [-0.2, 0) is 11.3 Å². The summed E-state index contributed by atoms with van der Waals surface area (Å²) in [7, 11) is 0. The maximum atomic E-state index is 12.6. The average Bonchev–Trinajstić information content (AvgIpc) is 2.28. The third-order valence-corrected chi connectivity index (χ3v) is 2.32. The second kappa shape index (κ2) is 8.03. The molecule has 0 spiro atoms. The molecule has 3 nitrogen and oxygen atoms in total. The number of rotatable bonds is 5. The molecule has 0 aromatic heterocycles. The van der Waals surface area contributed by atoms with Crippen LogP contribution >= 0.6 is 12.4 Å². The molecule has 0 radical (unpaired) electrons. The molecule has 1 aromatic rings. The van der Waals surface area contributed by atoms with E-state index in [-0.39, 0.29) is 24.1 Å². The van der Waals surface area contributed by atoms with Gasteiger partial charge in [-0.1, -0.05) is 25.5 Å². The van der Waals surface area contributed by atoms with Gasteiger partial charge in [0.15, 0.2) is 0 Å². The lowest BCUT2D eigenvalue weighted by Crippen LogP contribution is -2.40. The Balaban J connectivity index is 0.00000256. The lowest BCUT2D eigenvalue weighted by Gasteiger charge is -2.11. The standard InChI is InChI=1S/C12H17FN2O.ClH/c1-2-3-11(14)12(16)15-8-9-4-6-10(13)7-5-9;/h4-7,11H,2-3,8,14H2,1H3,(H,15,16);1H. The van der Waals surface area contributed by atoms with Gasteiger partial charge in [0.2, 0.25) is 5.91 Å². The summed E-state index contributed by atoms with van der Waals surface area (Å²) < 4.78 is 12.6. The van der Waals surface area contributed by atoms with Crippen molar-refractivity contribution < 1.29 is 9.18 Å². The number of nitrogens with two attached hydrogens (primary N) is 1. The van der Waals surface area contributed by atoms with Gasteiger partial charge in [-0.2, -0.15) is 0 Å². The number of carbonyl (C=O) groups excluding carboxylic acids is 1. The molecule has 0 fully saturated rings. The van der Waals surface area contributed by atoms with Gasteiger partial charge in [-0.3, -0.25) is 4.79 Å². The Kier molecular flexibility index (Phi) is 7.50. The summed E-state index contributed by atoms with van der Waals surface area (Å²) in [6, 6.07) is 5.56. The van der Waals surface area contributed by atoms with Crippen LogP contribution in [0.15, 0.2) is 24.3 Å². The first kappa shape index (κ1) is 15.9. The Morgan fingerprint density at radius 2 is 2.00 bits per heavy atom. The van der Waals surface area contributed by atoms with E-state index >= 15 is 0 Å². The van der Waals surface area contributed by atoms with E-state index in [4.69, 9.17) is 5.73 Å². The highest BCUT2D eigenvalue weighted by Crippen LogP contribution is 2.02. The number of carbonyl (C=O) groups is 1. The zero-order valence-electron chi connectivity index (χ0n) is 9.78. The summed E-state index contributed by atoms with van der Waals surface area (Å²) in [6.45, 7) is 2.36. The minimum atomic E-state index is -0.453. The first-order valence-electron chi connectivity index (χ1n) is 5.41. The molecule has 0 aliphatic heterocycles. The molecule has 0 saturated heterocycles. The molecule has 0 saturated carbocycles. The molecule has 0 aliphatic rings. The molecule has 96 valence electrons. The third-order valence-electron chi connectivity index (χ3n) is 2.32. The van der Waals surface area contributed by atoms with Gasteiger partial charge in [-0.05, 0) is 24.1 Å². The highest BCUT2D eigenvalue weighted by molar-refractivity contribution is 5.85. The molecule has 1 unspecified atom stereocenters. The monoisotopic (exact) mass is 260 g/mol. The van der Waals surface area contributed by atoms with Crippen LogP contribution in [0.5, 0.6) is 0 Å². The van der Waals surface area contributed by atoms with Crippen molar-refractivity contribution in [1.82, 2.24) is 5.32 Å². The van der Waals surface area contributed by atoms with Crippen molar-refractivity contribution in [3.05, 3.63) is 35.6 Å². The van der Waals surface area contributed by atoms with E-state index in [1.165, 1.54) is 12.1 Å². The third kappa shape index (κ3) is 5.65. The average molecular weight is 261 g/mol. The van der Waals surface area contributed by atoms with Crippen molar-refractivity contribution in [2.24, 2.45) is 5.73 Å². The fourth-order valence-corrected chi connectivity index (χ4v) is 1.36. The van der Waals surface area contributed by atoms with Crippen molar-refractivity contribution in [3.8, 4) is 0 Å². The second-order valence-electron chi connectivity index (χ2n) is 3.74. The zero-order valence-corrected chi connectivity index (χ0v) is 10.6. The van der Waals surface area contributed by atoms with Crippen LogP contribution in [0.3, 0.4) is 0 Å². The van der Waals surface area contributed by atoms with Gasteiger partial charge in [0.1, 0.15) is 5.82 Å². The summed E-state index contributed by atoms with van der Waals surface area (Å²) >= 11 is 0. The van der Waals surface area contributed by atoms with E-state index in [2.05, 4.69) is 5.32 Å². The Morgan fingerprint density at radius 1 is 1.41 bits per heavy atom. The predicted molar refractivity (Wildman–Crippen MR) is 68.4 cm³/mol. The first-order valence-corrected chi connectivity index (χ1v) is 5.41. The van der Waals surface area contributed by atoms with Crippen LogP contribution < -0.4 is 11.1 Å². The zero-order chi connectivity index (χ0) is 12.0. The molecular formula is C12H18ClFN2O. The molecule has 5 heteroatoms. The minimum Gasteiger partial charge on any atom is -0.351 e. The largest absolute Gasteiger partial charge is 0.351 e. The van der Waals surface area contributed by atoms with Crippen molar-refractivity contribution in [1.29, 1.82) is 0 Å². The van der Waals surface area contributed by atoms with Gasteiger partial charge in [-0.25, -0.2) is 4.39 Å². The minimum absolute atomic E-state index is 0. The van der Waals surface area contributed by atoms with Gasteiger partial charge in [-0.15, -0.1) is 12.4 Å². The second-order valence-corrected chi connectivity index (χ2v) is 3.74. The topological polar surface area (TPSA) is 55.1 Å². The van der Waals surface area contributed by atoms with Crippen LogP contribution in [0, 0.1) is 5.82 Å². The van der Waals surface area contributed by atoms with Gasteiger partial charge < -0.3 is 11.1 Å². The van der Waals surface area contributed by atoms with Crippen LogP contribution in [0.25, 0.3) is 0 Å². The maximum Gasteiger partial charge on any atom is 0.237 e. The smallest absolute Gasteiger partial charge is 0.237 e. The molecule has 0 aliphatic carbocycles. The van der Waals surface area contributed by atoms with Crippen LogP contribution in [0.2, 0.25) is 0 Å². The van der Waals surface area contributed by atoms with Crippen molar-refractivity contribution >= 4 is 18.3 Å². The van der Waals surface area contributed by atoms with Gasteiger partial charge in [0.05, 0.1) is 6.04 Å². The lowest BCUT2D eigenvalue weighted by atomic mass is 10.1. The summed E-state index contributed by atoms with van der Waals surface area (Å²) in [5.41, 5.74) is 6.50. The summed E-state index contributed by atoms with van der Waals surface area (Å²) in [4.78, 5) is 11.5. The maximum absolute atomic E-state index is 12.6. The Morgan fingerprint density at radius 3 is 2.53 bits per heavy atom. The molecular weight excluding hydrogens is 243 g/mol. The Bertz CT molecular complexity index is 343. The number of amides is 1. The van der Waals surface area contributed by atoms with Crippen molar-refractivity contribution in [2.45, 2.75) is 32.4 Å². The van der Waals surface area contributed by atoms with Gasteiger partial charge in [0, 0.05) is 6.54 Å². The molecule has 1 amide bonds. The summed E-state index contributed by atoms with van der Waals surface area (Å²) in [5, 5.41) is 2.72. The molecule has 1 atom stereocenters. The van der Waals surface area contributed by atoms with Gasteiger partial charge >= 0.3 is 0 Å². The van der Waals surface area contributed by atoms with Crippen LogP contribution in [0.1, 0.15) is 25.3 Å². The molecule has 0 bridgehead atoms. The number of benzene rings is 1. The van der Waals surface area contributed by atoms with Crippen LogP contribution in [-0.4, -0.2) is 11.9 Å². The number of nitrogens with one attached hydrogen (secondary N) is 1. The normalized spacial score (nSPS) is 11.5. The molecule has 1 rings (SSSR count). The predicted octanol–water partition coefficient (Wildman–Crippen LogP) is 1.99. The van der Waals surface area contributed by atoms with E-state index in [1.54, 1.807) is 12.1 Å².